The highest BCUT2D eigenvalue weighted by molar-refractivity contribution is 7.92. The number of nitrogens with zero attached hydrogens (tertiary/aromatic N) is 1. The van der Waals surface area contributed by atoms with Gasteiger partial charge in [0.2, 0.25) is 5.91 Å². The molecule has 2 bridgehead atoms. The van der Waals surface area contributed by atoms with E-state index in [1.807, 2.05) is 30.3 Å². The minimum absolute atomic E-state index is 0.146. The summed E-state index contributed by atoms with van der Waals surface area (Å²) in [4.78, 5) is 13.1. The maximum Gasteiger partial charge on any atom is 0.264 e. The Labute approximate surface area is 200 Å². The lowest BCUT2D eigenvalue weighted by molar-refractivity contribution is -0.120. The lowest BCUT2D eigenvalue weighted by Gasteiger charge is -2.27. The number of fused-ring (bicyclic) bond motifs is 2. The van der Waals surface area contributed by atoms with Crippen molar-refractivity contribution >= 4 is 21.6 Å². The number of ether oxygens (including phenoxy) is 1. The summed E-state index contributed by atoms with van der Waals surface area (Å²) in [6.45, 7) is -0.274. The van der Waals surface area contributed by atoms with Crippen molar-refractivity contribution in [1.82, 2.24) is 5.32 Å². The molecular weight excluding hydrogens is 448 g/mol. The van der Waals surface area contributed by atoms with E-state index in [2.05, 4.69) is 5.32 Å². The number of para-hydroxylation sites is 1. The average molecular weight is 477 g/mol. The Morgan fingerprint density at radius 2 is 1.50 bits per heavy atom. The Bertz CT molecular complexity index is 1230. The number of carbonyl (C=O) groups excluding carboxylic acids is 1. The predicted molar refractivity (Wildman–Crippen MR) is 131 cm³/mol. The number of hydrogen-bond donors (Lipinski definition) is 1. The normalized spacial score (nSPS) is 21.2. The lowest BCUT2D eigenvalue weighted by Crippen LogP contribution is -2.45. The van der Waals surface area contributed by atoms with Gasteiger partial charge in [0.1, 0.15) is 18.0 Å². The van der Waals surface area contributed by atoms with Crippen LogP contribution in [0.4, 0.5) is 5.69 Å². The standard InChI is InChI=1S/C27H28N2O4S/c30-27(28-26-18-20-11-12-21(26)17-20)19-29(34(31,32)25-9-5-2-6-10-25)22-13-15-24(16-14-22)33-23-7-3-1-4-8-23/h1-10,13-16,20-21,26H,11-12,17-19H2,(H,28,30). The van der Waals surface area contributed by atoms with Crippen LogP contribution in [0.15, 0.2) is 89.8 Å². The molecule has 7 heteroatoms. The van der Waals surface area contributed by atoms with Gasteiger partial charge in [-0.1, -0.05) is 42.8 Å². The quantitative estimate of drug-likeness (QED) is 0.498. The van der Waals surface area contributed by atoms with Crippen LogP contribution in [0.2, 0.25) is 0 Å². The van der Waals surface area contributed by atoms with Gasteiger partial charge < -0.3 is 10.1 Å². The van der Waals surface area contributed by atoms with Crippen LogP contribution < -0.4 is 14.4 Å². The van der Waals surface area contributed by atoms with E-state index in [4.69, 9.17) is 4.74 Å². The molecule has 0 heterocycles. The van der Waals surface area contributed by atoms with Crippen LogP contribution in [-0.4, -0.2) is 26.9 Å². The molecule has 6 nitrogen and oxygen atoms in total. The second-order valence-electron chi connectivity index (χ2n) is 9.08. The maximum absolute atomic E-state index is 13.5. The van der Waals surface area contributed by atoms with Crippen LogP contribution >= 0.6 is 0 Å². The molecule has 3 aromatic carbocycles. The fraction of sp³-hybridized carbons (Fsp3) is 0.296. The Morgan fingerprint density at radius 3 is 2.12 bits per heavy atom. The Hall–Kier alpha value is -3.32. The lowest BCUT2D eigenvalue weighted by atomic mass is 9.95. The fourth-order valence-electron chi connectivity index (χ4n) is 5.14. The number of rotatable bonds is 8. The summed E-state index contributed by atoms with van der Waals surface area (Å²) < 4.78 is 34.1. The number of benzene rings is 3. The molecule has 2 aliphatic carbocycles. The van der Waals surface area contributed by atoms with E-state index >= 15 is 0 Å². The van der Waals surface area contributed by atoms with Gasteiger partial charge >= 0.3 is 0 Å². The summed E-state index contributed by atoms with van der Waals surface area (Å²) >= 11 is 0. The van der Waals surface area contributed by atoms with E-state index in [0.29, 0.717) is 29.0 Å². The number of sulfonamides is 1. The second-order valence-corrected chi connectivity index (χ2v) is 10.9. The zero-order valence-electron chi connectivity index (χ0n) is 18.8. The Kier molecular flexibility index (Phi) is 6.28. The summed E-state index contributed by atoms with van der Waals surface area (Å²) in [6, 6.07) is 24.5. The number of nitrogens with one attached hydrogen (secondary N) is 1. The second kappa shape index (κ2) is 9.50. The Morgan fingerprint density at radius 1 is 0.853 bits per heavy atom. The van der Waals surface area contributed by atoms with E-state index < -0.39 is 10.0 Å². The van der Waals surface area contributed by atoms with Crippen LogP contribution in [0.3, 0.4) is 0 Å². The van der Waals surface area contributed by atoms with E-state index in [1.165, 1.54) is 17.1 Å². The molecule has 176 valence electrons. The van der Waals surface area contributed by atoms with Gasteiger partial charge in [-0.25, -0.2) is 8.42 Å². The molecule has 2 saturated carbocycles. The smallest absolute Gasteiger partial charge is 0.264 e. The summed E-state index contributed by atoms with van der Waals surface area (Å²) in [5.41, 5.74) is 0.410. The minimum Gasteiger partial charge on any atom is -0.457 e. The third-order valence-electron chi connectivity index (χ3n) is 6.81. The zero-order valence-corrected chi connectivity index (χ0v) is 19.7. The molecule has 34 heavy (non-hydrogen) atoms. The van der Waals surface area contributed by atoms with Gasteiger partial charge in [-0.2, -0.15) is 0 Å². The number of carbonyl (C=O) groups is 1. The van der Waals surface area contributed by atoms with Crippen LogP contribution in [-0.2, 0) is 14.8 Å². The molecule has 3 aromatic rings. The topological polar surface area (TPSA) is 75.7 Å². The summed E-state index contributed by atoms with van der Waals surface area (Å²) in [5, 5.41) is 3.11. The number of anilines is 1. The van der Waals surface area contributed by atoms with Crippen LogP contribution in [0, 0.1) is 11.8 Å². The molecule has 2 aliphatic rings. The molecule has 2 fully saturated rings. The Balaban J connectivity index is 1.38. The van der Waals surface area contributed by atoms with Crippen molar-refractivity contribution in [3.63, 3.8) is 0 Å². The molecule has 3 atom stereocenters. The van der Waals surface area contributed by atoms with E-state index in [1.54, 1.807) is 54.6 Å². The van der Waals surface area contributed by atoms with Crippen LogP contribution in [0.5, 0.6) is 11.5 Å². The highest BCUT2D eigenvalue weighted by atomic mass is 32.2. The fourth-order valence-corrected chi connectivity index (χ4v) is 6.59. The first-order chi connectivity index (χ1) is 16.5. The summed E-state index contributed by atoms with van der Waals surface area (Å²) in [5.74, 6) is 2.20. The van der Waals surface area contributed by atoms with E-state index in [-0.39, 0.29) is 23.4 Å². The third-order valence-corrected chi connectivity index (χ3v) is 8.59. The highest BCUT2D eigenvalue weighted by Crippen LogP contribution is 2.44. The summed E-state index contributed by atoms with van der Waals surface area (Å²) in [6.07, 6.45) is 4.54. The highest BCUT2D eigenvalue weighted by Gasteiger charge is 2.40. The molecular formula is C27H28N2O4S. The molecule has 0 spiro atoms. The number of amides is 1. The molecule has 3 unspecified atom stereocenters. The van der Waals surface area contributed by atoms with Gasteiger partial charge in [-0.3, -0.25) is 9.10 Å². The zero-order chi connectivity index (χ0) is 23.5. The molecule has 5 rings (SSSR count). The van der Waals surface area contributed by atoms with Gasteiger partial charge in [0.15, 0.2) is 0 Å². The monoisotopic (exact) mass is 476 g/mol. The first-order valence-electron chi connectivity index (χ1n) is 11.7. The summed E-state index contributed by atoms with van der Waals surface area (Å²) in [7, 11) is -3.93. The largest absolute Gasteiger partial charge is 0.457 e. The van der Waals surface area contributed by atoms with Crippen molar-refractivity contribution in [2.24, 2.45) is 11.8 Å². The SMILES string of the molecule is O=C(CN(c1ccc(Oc2ccccc2)cc1)S(=O)(=O)c1ccccc1)NC1CC2CCC1C2. The molecule has 1 amide bonds. The number of hydrogen-bond acceptors (Lipinski definition) is 4. The van der Waals surface area contributed by atoms with E-state index in [0.717, 1.165) is 12.8 Å². The van der Waals surface area contributed by atoms with Crippen LogP contribution in [0.1, 0.15) is 25.7 Å². The van der Waals surface area contributed by atoms with Gasteiger partial charge in [0, 0.05) is 6.04 Å². The molecule has 1 N–H and O–H groups in total. The van der Waals surface area contributed by atoms with Crippen molar-refractivity contribution in [1.29, 1.82) is 0 Å². The van der Waals surface area contributed by atoms with Gasteiger partial charge in [-0.15, -0.1) is 0 Å². The molecule has 0 aromatic heterocycles. The van der Waals surface area contributed by atoms with Crippen molar-refractivity contribution in [3.8, 4) is 11.5 Å². The van der Waals surface area contributed by atoms with Gasteiger partial charge in [0.25, 0.3) is 10.0 Å². The van der Waals surface area contributed by atoms with Gasteiger partial charge in [0.05, 0.1) is 10.6 Å². The van der Waals surface area contributed by atoms with Crippen molar-refractivity contribution in [2.45, 2.75) is 36.6 Å². The van der Waals surface area contributed by atoms with E-state index in [9.17, 15) is 13.2 Å². The average Bonchev–Trinajstić information content (AvgIpc) is 3.48. The first kappa shape index (κ1) is 22.5. The van der Waals surface area contributed by atoms with Crippen molar-refractivity contribution < 1.29 is 17.9 Å². The molecule has 0 radical (unpaired) electrons. The minimum atomic E-state index is -3.93. The van der Waals surface area contributed by atoms with Crippen molar-refractivity contribution in [3.05, 3.63) is 84.9 Å². The predicted octanol–water partition coefficient (Wildman–Crippen LogP) is 4.98. The maximum atomic E-state index is 13.5. The molecule has 0 aliphatic heterocycles. The van der Waals surface area contributed by atoms with Crippen molar-refractivity contribution in [2.75, 3.05) is 10.8 Å². The molecule has 0 saturated heterocycles. The van der Waals surface area contributed by atoms with Crippen LogP contribution in [0.25, 0.3) is 0 Å². The van der Waals surface area contributed by atoms with Gasteiger partial charge in [-0.05, 0) is 79.6 Å². The third kappa shape index (κ3) is 4.80. The first-order valence-corrected chi connectivity index (χ1v) is 13.1.